The van der Waals surface area contributed by atoms with Crippen LogP contribution in [0.1, 0.15) is 37.3 Å². The topological polar surface area (TPSA) is 90.6 Å². The number of benzene rings is 3. The predicted octanol–water partition coefficient (Wildman–Crippen LogP) is 5.62. The van der Waals surface area contributed by atoms with Gasteiger partial charge in [0.15, 0.2) is 0 Å². The van der Waals surface area contributed by atoms with Crippen LogP contribution in [0.4, 0.5) is 5.69 Å². The Hall–Kier alpha value is -3.27. The molecule has 1 aliphatic rings. The molecule has 0 bridgehead atoms. The van der Waals surface area contributed by atoms with Crippen molar-refractivity contribution in [3.8, 4) is 0 Å². The lowest BCUT2D eigenvalue weighted by Gasteiger charge is -2.27. The number of rotatable bonds is 8. The molecule has 7 nitrogen and oxygen atoms in total. The molecule has 2 amide bonds. The lowest BCUT2D eigenvalue weighted by Crippen LogP contribution is -2.46. The van der Waals surface area contributed by atoms with Crippen molar-refractivity contribution >= 4 is 54.4 Å². The number of imide groups is 1. The molecule has 38 heavy (non-hydrogen) atoms. The standard InChI is InChI=1S/C29H28BrN3O4S/c1-19(2)20-7-11-23(12-8-20)33-28(34)17-27(29(33)35)32(38(36,37)24-13-9-22(30)10-14-24)16-15-21-18-31-26-6-4-3-5-25(21)26/h3-14,18-19,27,31H,15-17H2,1-2H3. The van der Waals surface area contributed by atoms with E-state index >= 15 is 0 Å². The summed E-state index contributed by atoms with van der Waals surface area (Å²) in [6.07, 6.45) is 2.02. The number of fused-ring (bicyclic) bond motifs is 1. The number of halogens is 1. The van der Waals surface area contributed by atoms with E-state index in [1.54, 1.807) is 24.3 Å². The lowest BCUT2D eigenvalue weighted by atomic mass is 10.0. The van der Waals surface area contributed by atoms with Crippen LogP contribution in [-0.2, 0) is 26.0 Å². The van der Waals surface area contributed by atoms with Gasteiger partial charge in [0, 0.05) is 28.1 Å². The van der Waals surface area contributed by atoms with Gasteiger partial charge in [-0.1, -0.05) is 60.1 Å². The second-order valence-corrected chi connectivity index (χ2v) is 12.5. The molecule has 9 heteroatoms. The highest BCUT2D eigenvalue weighted by atomic mass is 79.9. The summed E-state index contributed by atoms with van der Waals surface area (Å²) in [7, 11) is -4.09. The first-order valence-corrected chi connectivity index (χ1v) is 14.7. The van der Waals surface area contributed by atoms with Crippen molar-refractivity contribution in [2.45, 2.75) is 43.5 Å². The molecule has 5 rings (SSSR count). The van der Waals surface area contributed by atoms with Gasteiger partial charge >= 0.3 is 0 Å². The average molecular weight is 595 g/mol. The molecule has 3 aromatic carbocycles. The molecule has 2 heterocycles. The monoisotopic (exact) mass is 593 g/mol. The Morgan fingerprint density at radius 3 is 2.37 bits per heavy atom. The molecular weight excluding hydrogens is 566 g/mol. The number of carbonyl (C=O) groups excluding carboxylic acids is 2. The third kappa shape index (κ3) is 4.93. The molecule has 1 N–H and O–H groups in total. The normalized spacial score (nSPS) is 16.3. The number of amides is 2. The fourth-order valence-electron chi connectivity index (χ4n) is 4.88. The maximum Gasteiger partial charge on any atom is 0.252 e. The minimum Gasteiger partial charge on any atom is -0.361 e. The number of para-hydroxylation sites is 1. The SMILES string of the molecule is CC(C)c1ccc(N2C(=O)CC(N(CCc3c[nH]c4ccccc34)S(=O)(=O)c3ccc(Br)cc3)C2=O)cc1. The van der Waals surface area contributed by atoms with Crippen molar-refractivity contribution < 1.29 is 18.0 Å². The molecular formula is C29H28BrN3O4S. The molecule has 1 aromatic heterocycles. The summed E-state index contributed by atoms with van der Waals surface area (Å²) in [5, 5.41) is 0.995. The van der Waals surface area contributed by atoms with Crippen LogP contribution >= 0.6 is 15.9 Å². The number of anilines is 1. The Labute approximate surface area is 230 Å². The van der Waals surface area contributed by atoms with Crippen molar-refractivity contribution in [1.29, 1.82) is 0 Å². The minimum atomic E-state index is -4.09. The summed E-state index contributed by atoms with van der Waals surface area (Å²) in [4.78, 5) is 31.2. The van der Waals surface area contributed by atoms with E-state index in [-0.39, 0.29) is 17.9 Å². The van der Waals surface area contributed by atoms with Gasteiger partial charge in [0.1, 0.15) is 6.04 Å². The molecule has 1 fully saturated rings. The van der Waals surface area contributed by atoms with Crippen molar-refractivity contribution in [2.75, 3.05) is 11.4 Å². The largest absolute Gasteiger partial charge is 0.361 e. The first kappa shape index (κ1) is 26.3. The number of H-pyrrole nitrogens is 1. The van der Waals surface area contributed by atoms with Gasteiger partial charge in [-0.3, -0.25) is 9.59 Å². The Balaban J connectivity index is 1.49. The summed E-state index contributed by atoms with van der Waals surface area (Å²) in [5.41, 5.74) is 3.43. The van der Waals surface area contributed by atoms with E-state index in [9.17, 15) is 18.0 Å². The number of hydrogen-bond acceptors (Lipinski definition) is 4. The van der Waals surface area contributed by atoms with Gasteiger partial charge < -0.3 is 4.98 Å². The number of sulfonamides is 1. The number of aromatic nitrogens is 1. The van der Waals surface area contributed by atoms with Crippen LogP contribution in [0, 0.1) is 0 Å². The summed E-state index contributed by atoms with van der Waals surface area (Å²) >= 11 is 3.34. The minimum absolute atomic E-state index is 0.0457. The Kier molecular flexibility index (Phi) is 7.26. The molecule has 0 spiro atoms. The zero-order chi connectivity index (χ0) is 27.0. The quantitative estimate of drug-likeness (QED) is 0.268. The van der Waals surface area contributed by atoms with E-state index in [2.05, 4.69) is 34.8 Å². The zero-order valence-corrected chi connectivity index (χ0v) is 23.5. The fraction of sp³-hybridized carbons (Fsp3) is 0.241. The van der Waals surface area contributed by atoms with Gasteiger partial charge in [-0.2, -0.15) is 4.31 Å². The Bertz CT molecular complexity index is 1600. The van der Waals surface area contributed by atoms with Crippen LogP contribution in [0.3, 0.4) is 0 Å². The second kappa shape index (κ2) is 10.5. The van der Waals surface area contributed by atoms with Crippen molar-refractivity contribution in [3.63, 3.8) is 0 Å². The number of hydrogen-bond donors (Lipinski definition) is 1. The third-order valence-corrected chi connectivity index (χ3v) is 9.44. The molecule has 1 unspecified atom stereocenters. The molecule has 196 valence electrons. The van der Waals surface area contributed by atoms with E-state index < -0.39 is 27.9 Å². The van der Waals surface area contributed by atoms with E-state index in [1.165, 1.54) is 16.4 Å². The van der Waals surface area contributed by atoms with Gasteiger partial charge in [0.05, 0.1) is 17.0 Å². The van der Waals surface area contributed by atoms with Gasteiger partial charge in [-0.05, 0) is 65.9 Å². The predicted molar refractivity (Wildman–Crippen MR) is 151 cm³/mol. The van der Waals surface area contributed by atoms with E-state index in [4.69, 9.17) is 0 Å². The van der Waals surface area contributed by atoms with E-state index in [0.29, 0.717) is 18.0 Å². The summed E-state index contributed by atoms with van der Waals surface area (Å²) in [5.74, 6) is -0.648. The van der Waals surface area contributed by atoms with Crippen molar-refractivity contribution in [2.24, 2.45) is 0 Å². The average Bonchev–Trinajstić information content (AvgIpc) is 3.44. The maximum atomic E-state index is 13.9. The highest BCUT2D eigenvalue weighted by Crippen LogP contribution is 2.31. The van der Waals surface area contributed by atoms with Gasteiger partial charge in [-0.25, -0.2) is 13.3 Å². The molecule has 0 saturated carbocycles. The maximum absolute atomic E-state index is 13.9. The molecule has 0 radical (unpaired) electrons. The highest BCUT2D eigenvalue weighted by molar-refractivity contribution is 9.10. The molecule has 0 aliphatic carbocycles. The summed E-state index contributed by atoms with van der Waals surface area (Å²) in [6.45, 7) is 4.18. The molecule has 1 aliphatic heterocycles. The van der Waals surface area contributed by atoms with E-state index in [0.717, 1.165) is 31.4 Å². The van der Waals surface area contributed by atoms with Crippen LogP contribution < -0.4 is 4.90 Å². The highest BCUT2D eigenvalue weighted by Gasteiger charge is 2.46. The summed E-state index contributed by atoms with van der Waals surface area (Å²) < 4.78 is 29.7. The van der Waals surface area contributed by atoms with Gasteiger partial charge in [0.25, 0.3) is 5.91 Å². The third-order valence-electron chi connectivity index (χ3n) is 6.99. The number of carbonyl (C=O) groups is 2. The van der Waals surface area contributed by atoms with Gasteiger partial charge in [0.2, 0.25) is 15.9 Å². The zero-order valence-electron chi connectivity index (χ0n) is 21.1. The van der Waals surface area contributed by atoms with E-state index in [1.807, 2.05) is 42.6 Å². The van der Waals surface area contributed by atoms with Crippen LogP contribution in [0.25, 0.3) is 10.9 Å². The van der Waals surface area contributed by atoms with Crippen molar-refractivity contribution in [1.82, 2.24) is 9.29 Å². The molecule has 1 saturated heterocycles. The Morgan fingerprint density at radius 2 is 1.68 bits per heavy atom. The van der Waals surface area contributed by atoms with Crippen molar-refractivity contribution in [3.05, 3.63) is 94.6 Å². The number of aromatic amines is 1. The smallest absolute Gasteiger partial charge is 0.252 e. The fourth-order valence-corrected chi connectivity index (χ4v) is 6.72. The number of nitrogens with one attached hydrogen (secondary N) is 1. The van der Waals surface area contributed by atoms with Crippen LogP contribution in [-0.4, -0.2) is 42.1 Å². The molecule has 1 atom stereocenters. The van der Waals surface area contributed by atoms with Crippen LogP contribution in [0.15, 0.2) is 88.4 Å². The second-order valence-electron chi connectivity index (χ2n) is 9.71. The first-order chi connectivity index (χ1) is 18.2. The van der Waals surface area contributed by atoms with Crippen LogP contribution in [0.2, 0.25) is 0 Å². The van der Waals surface area contributed by atoms with Gasteiger partial charge in [-0.15, -0.1) is 0 Å². The summed E-state index contributed by atoms with van der Waals surface area (Å²) in [6, 6.07) is 20.2. The first-order valence-electron chi connectivity index (χ1n) is 12.5. The van der Waals surface area contributed by atoms with Crippen LogP contribution in [0.5, 0.6) is 0 Å². The Morgan fingerprint density at radius 1 is 1.00 bits per heavy atom. The molecule has 4 aromatic rings. The lowest BCUT2D eigenvalue weighted by molar-refractivity contribution is -0.122. The number of nitrogens with zero attached hydrogens (tertiary/aromatic N) is 2.